The van der Waals surface area contributed by atoms with E-state index in [2.05, 4.69) is 5.10 Å². The van der Waals surface area contributed by atoms with Crippen molar-refractivity contribution in [3.63, 3.8) is 0 Å². The number of nitrogens with zero attached hydrogens (tertiary/aromatic N) is 2. The van der Waals surface area contributed by atoms with Gasteiger partial charge in [-0.1, -0.05) is 42.8 Å². The molecular formula is C26H26F2N2O. The zero-order valence-electron chi connectivity index (χ0n) is 17.6. The van der Waals surface area contributed by atoms with Gasteiger partial charge in [0.2, 0.25) is 0 Å². The smallest absolute Gasteiger partial charge is 0.146 e. The number of fused-ring (bicyclic) bond motifs is 2. The molecule has 1 fully saturated rings. The molecule has 3 nitrogen and oxygen atoms in total. The highest BCUT2D eigenvalue weighted by atomic mass is 19.1. The van der Waals surface area contributed by atoms with Crippen LogP contribution in [0.5, 0.6) is 0 Å². The monoisotopic (exact) mass is 420 g/mol. The third kappa shape index (κ3) is 3.23. The lowest BCUT2D eigenvalue weighted by molar-refractivity contribution is -0.0975. The van der Waals surface area contributed by atoms with E-state index in [9.17, 15) is 9.50 Å². The standard InChI is InChI=1S/C26H26F2N2O/c1-25-16-19-17-29-30(22-11-9-21(27)10-12-22)23(19)15-20(25)8-5-13-26(25,28)24(31)14-18-6-3-2-4-7-18/h2-4,6-7,9-12,15,17,24,31H,5,8,13-14,16H2,1H3/t24-,25-,26?/m0/s1. The first-order valence-corrected chi connectivity index (χ1v) is 10.9. The quantitative estimate of drug-likeness (QED) is 0.609. The maximum Gasteiger partial charge on any atom is 0.146 e. The van der Waals surface area contributed by atoms with Crippen LogP contribution in [0.2, 0.25) is 0 Å². The van der Waals surface area contributed by atoms with Crippen LogP contribution in [0.1, 0.15) is 43.0 Å². The number of alkyl halides is 1. The summed E-state index contributed by atoms with van der Waals surface area (Å²) < 4.78 is 31.8. The van der Waals surface area contributed by atoms with Crippen LogP contribution >= 0.6 is 0 Å². The molecule has 0 radical (unpaired) electrons. The highest BCUT2D eigenvalue weighted by Crippen LogP contribution is 2.56. The van der Waals surface area contributed by atoms with E-state index in [0.29, 0.717) is 25.7 Å². The Bertz CT molecular complexity index is 1120. The van der Waals surface area contributed by atoms with Gasteiger partial charge >= 0.3 is 0 Å². The Labute approximate surface area is 181 Å². The summed E-state index contributed by atoms with van der Waals surface area (Å²) in [5.74, 6) is -0.294. The topological polar surface area (TPSA) is 38.0 Å². The third-order valence-corrected chi connectivity index (χ3v) is 7.23. The fraction of sp³-hybridized carbons (Fsp3) is 0.346. The summed E-state index contributed by atoms with van der Waals surface area (Å²) in [6, 6.07) is 15.8. The highest BCUT2D eigenvalue weighted by Gasteiger charge is 2.58. The Morgan fingerprint density at radius 2 is 1.87 bits per heavy atom. The Kier molecular flexibility index (Phi) is 4.82. The van der Waals surface area contributed by atoms with Gasteiger partial charge in [0.1, 0.15) is 11.5 Å². The van der Waals surface area contributed by atoms with Crippen molar-refractivity contribution < 1.29 is 13.9 Å². The lowest BCUT2D eigenvalue weighted by atomic mass is 9.56. The fourth-order valence-corrected chi connectivity index (χ4v) is 5.40. The molecule has 160 valence electrons. The van der Waals surface area contributed by atoms with Crippen LogP contribution < -0.4 is 0 Å². The van der Waals surface area contributed by atoms with Gasteiger partial charge in [-0.2, -0.15) is 5.10 Å². The van der Waals surface area contributed by atoms with E-state index in [1.165, 1.54) is 12.1 Å². The average molecular weight is 421 g/mol. The number of aliphatic hydroxyl groups excluding tert-OH is 1. The maximum atomic E-state index is 16.7. The Balaban J connectivity index is 1.51. The van der Waals surface area contributed by atoms with Crippen molar-refractivity contribution in [3.05, 3.63) is 89.0 Å². The van der Waals surface area contributed by atoms with Gasteiger partial charge in [-0.05, 0) is 67.2 Å². The van der Waals surface area contributed by atoms with Gasteiger partial charge in [0.25, 0.3) is 0 Å². The third-order valence-electron chi connectivity index (χ3n) is 7.23. The Morgan fingerprint density at radius 3 is 2.61 bits per heavy atom. The van der Waals surface area contributed by atoms with E-state index in [4.69, 9.17) is 0 Å². The molecule has 2 aromatic carbocycles. The highest BCUT2D eigenvalue weighted by molar-refractivity contribution is 5.62. The first-order valence-electron chi connectivity index (χ1n) is 10.9. The summed E-state index contributed by atoms with van der Waals surface area (Å²) in [7, 11) is 0. The number of allylic oxidation sites excluding steroid dienone is 1. The van der Waals surface area contributed by atoms with Crippen molar-refractivity contribution in [1.29, 1.82) is 0 Å². The van der Waals surface area contributed by atoms with Crippen LogP contribution in [0, 0.1) is 11.2 Å². The summed E-state index contributed by atoms with van der Waals surface area (Å²) in [6.45, 7) is 1.95. The Hall–Kier alpha value is -2.79. The van der Waals surface area contributed by atoms with Crippen molar-refractivity contribution in [2.45, 2.75) is 50.8 Å². The van der Waals surface area contributed by atoms with Crippen molar-refractivity contribution in [3.8, 4) is 5.69 Å². The number of aliphatic hydroxyl groups is 1. The van der Waals surface area contributed by atoms with Gasteiger partial charge in [-0.25, -0.2) is 13.5 Å². The van der Waals surface area contributed by atoms with Gasteiger partial charge in [-0.3, -0.25) is 0 Å². The van der Waals surface area contributed by atoms with Gasteiger partial charge in [0, 0.05) is 11.8 Å². The van der Waals surface area contributed by atoms with Gasteiger partial charge in [0.15, 0.2) is 0 Å². The van der Waals surface area contributed by atoms with Crippen LogP contribution in [-0.2, 0) is 12.8 Å². The molecule has 1 unspecified atom stereocenters. The first kappa shape index (κ1) is 20.1. The summed E-state index contributed by atoms with van der Waals surface area (Å²) >= 11 is 0. The number of benzene rings is 2. The largest absolute Gasteiger partial charge is 0.389 e. The minimum atomic E-state index is -1.72. The molecule has 1 heterocycles. The average Bonchev–Trinajstić information content (AvgIpc) is 3.16. The molecule has 2 aliphatic carbocycles. The van der Waals surface area contributed by atoms with Crippen LogP contribution in [0.25, 0.3) is 11.8 Å². The summed E-state index contributed by atoms with van der Waals surface area (Å²) in [5, 5.41) is 15.6. The van der Waals surface area contributed by atoms with Gasteiger partial charge < -0.3 is 5.11 Å². The molecule has 5 heteroatoms. The van der Waals surface area contributed by atoms with E-state index in [0.717, 1.165) is 34.5 Å². The molecule has 1 N–H and O–H groups in total. The SMILES string of the molecule is C[C@]12Cc3cnn(-c4ccc(F)cc4)c3C=C1CCCC2(F)[C@@H](O)Cc1ccccc1. The molecule has 0 saturated heterocycles. The molecule has 0 aliphatic heterocycles. The van der Waals surface area contributed by atoms with E-state index in [1.54, 1.807) is 23.0 Å². The second-order valence-corrected chi connectivity index (χ2v) is 9.04. The van der Waals surface area contributed by atoms with Crippen LogP contribution in [-0.4, -0.2) is 26.7 Å². The van der Waals surface area contributed by atoms with Crippen molar-refractivity contribution >= 4 is 6.08 Å². The van der Waals surface area contributed by atoms with Crippen LogP contribution in [0.15, 0.2) is 66.4 Å². The lowest BCUT2D eigenvalue weighted by Gasteiger charge is -2.52. The molecule has 1 saturated carbocycles. The van der Waals surface area contributed by atoms with Gasteiger partial charge in [0.05, 0.1) is 23.7 Å². The number of halogens is 2. The number of hydrogen-bond acceptors (Lipinski definition) is 2. The molecule has 5 rings (SSSR count). The lowest BCUT2D eigenvalue weighted by Crippen LogP contribution is -2.57. The molecular weight excluding hydrogens is 394 g/mol. The molecule has 3 atom stereocenters. The van der Waals surface area contributed by atoms with E-state index >= 15 is 4.39 Å². The zero-order chi connectivity index (χ0) is 21.6. The molecule has 0 spiro atoms. The predicted molar refractivity (Wildman–Crippen MR) is 117 cm³/mol. The van der Waals surface area contributed by atoms with Crippen molar-refractivity contribution in [2.24, 2.45) is 5.41 Å². The minimum Gasteiger partial charge on any atom is -0.389 e. The van der Waals surface area contributed by atoms with Crippen molar-refractivity contribution in [1.82, 2.24) is 9.78 Å². The predicted octanol–water partition coefficient (Wildman–Crippen LogP) is 5.45. The summed E-state index contributed by atoms with van der Waals surface area (Å²) in [6.07, 6.45) is 5.35. The molecule has 2 aliphatic rings. The second kappa shape index (κ2) is 7.41. The molecule has 3 aromatic rings. The van der Waals surface area contributed by atoms with Gasteiger partial charge in [-0.15, -0.1) is 0 Å². The van der Waals surface area contributed by atoms with E-state index in [-0.39, 0.29) is 5.82 Å². The first-order chi connectivity index (χ1) is 14.9. The number of rotatable bonds is 4. The normalized spacial score (nSPS) is 26.0. The molecule has 0 bridgehead atoms. The number of hydrogen-bond donors (Lipinski definition) is 1. The van der Waals surface area contributed by atoms with Crippen LogP contribution in [0.4, 0.5) is 8.78 Å². The van der Waals surface area contributed by atoms with Crippen LogP contribution in [0.3, 0.4) is 0 Å². The second-order valence-electron chi connectivity index (χ2n) is 9.04. The fourth-order valence-electron chi connectivity index (χ4n) is 5.40. The summed E-state index contributed by atoms with van der Waals surface area (Å²) in [4.78, 5) is 0. The van der Waals surface area contributed by atoms with E-state index < -0.39 is 17.2 Å². The van der Waals surface area contributed by atoms with E-state index in [1.807, 2.05) is 43.3 Å². The summed E-state index contributed by atoms with van der Waals surface area (Å²) in [5.41, 5.74) is 2.09. The molecule has 0 amide bonds. The number of aromatic nitrogens is 2. The molecule has 1 aromatic heterocycles. The minimum absolute atomic E-state index is 0.294. The molecule has 31 heavy (non-hydrogen) atoms. The maximum absolute atomic E-state index is 16.7. The van der Waals surface area contributed by atoms with Crippen molar-refractivity contribution in [2.75, 3.05) is 0 Å². The zero-order valence-corrected chi connectivity index (χ0v) is 17.6. The Morgan fingerprint density at radius 1 is 1.13 bits per heavy atom.